The van der Waals surface area contributed by atoms with Gasteiger partial charge in [-0.25, -0.2) is 0 Å². The van der Waals surface area contributed by atoms with Crippen LogP contribution in [0.25, 0.3) is 0 Å². The number of piperidine rings is 2. The van der Waals surface area contributed by atoms with Gasteiger partial charge in [-0.2, -0.15) is 8.78 Å². The quantitative estimate of drug-likeness (QED) is 0.823. The Morgan fingerprint density at radius 1 is 0.923 bits per heavy atom. The fraction of sp³-hybridized carbons (Fsp3) is 0.579. The van der Waals surface area contributed by atoms with Gasteiger partial charge in [0.15, 0.2) is 0 Å². The molecule has 1 aromatic carbocycles. The summed E-state index contributed by atoms with van der Waals surface area (Å²) in [4.78, 5) is 28.8. The van der Waals surface area contributed by atoms with Crippen LogP contribution in [0, 0.1) is 5.92 Å². The molecule has 0 aliphatic carbocycles. The first-order valence-electron chi connectivity index (χ1n) is 9.17. The summed E-state index contributed by atoms with van der Waals surface area (Å²) in [7, 11) is 0. The highest BCUT2D eigenvalue weighted by Crippen LogP contribution is 2.23. The summed E-state index contributed by atoms with van der Waals surface area (Å²) < 4.78 is 28.6. The lowest BCUT2D eigenvalue weighted by molar-refractivity contribution is -0.137. The molecule has 2 saturated heterocycles. The number of alkyl halides is 2. The van der Waals surface area contributed by atoms with Crippen LogP contribution in [0.1, 0.15) is 42.5 Å². The summed E-state index contributed by atoms with van der Waals surface area (Å²) in [6.07, 6.45) is 4.70. The van der Waals surface area contributed by atoms with Crippen molar-refractivity contribution in [2.75, 3.05) is 26.2 Å². The van der Waals surface area contributed by atoms with E-state index in [2.05, 4.69) is 4.74 Å². The molecule has 2 heterocycles. The third kappa shape index (κ3) is 4.51. The monoisotopic (exact) mass is 366 g/mol. The Kier molecular flexibility index (Phi) is 6.06. The van der Waals surface area contributed by atoms with E-state index in [1.807, 2.05) is 4.90 Å². The van der Waals surface area contributed by atoms with Gasteiger partial charge in [-0.05, 0) is 56.4 Å². The highest BCUT2D eigenvalue weighted by Gasteiger charge is 2.31. The van der Waals surface area contributed by atoms with E-state index in [1.54, 1.807) is 4.90 Å². The molecule has 26 heavy (non-hydrogen) atoms. The van der Waals surface area contributed by atoms with Crippen molar-refractivity contribution < 1.29 is 23.1 Å². The maximum atomic E-state index is 12.6. The number of amides is 2. The Labute approximate surface area is 151 Å². The number of carbonyl (C=O) groups excluding carboxylic acids is 2. The number of ether oxygens (including phenoxy) is 1. The second-order valence-electron chi connectivity index (χ2n) is 6.86. The Bertz CT molecular complexity index is 622. The highest BCUT2D eigenvalue weighted by atomic mass is 19.3. The molecule has 0 radical (unpaired) electrons. The maximum absolute atomic E-state index is 12.6. The fourth-order valence-electron chi connectivity index (χ4n) is 3.66. The van der Waals surface area contributed by atoms with E-state index in [-0.39, 0.29) is 23.5 Å². The number of rotatable bonds is 4. The molecular formula is C19H24F2N2O3. The molecule has 2 aliphatic rings. The van der Waals surface area contributed by atoms with Crippen LogP contribution in [-0.2, 0) is 4.79 Å². The largest absolute Gasteiger partial charge is 0.435 e. The Morgan fingerprint density at radius 2 is 1.54 bits per heavy atom. The minimum absolute atomic E-state index is 0.000956. The van der Waals surface area contributed by atoms with Crippen molar-refractivity contribution >= 4 is 11.8 Å². The molecule has 0 bridgehead atoms. The molecule has 0 atom stereocenters. The molecule has 0 saturated carbocycles. The van der Waals surface area contributed by atoms with Crippen LogP contribution in [0.3, 0.4) is 0 Å². The van der Waals surface area contributed by atoms with E-state index in [9.17, 15) is 18.4 Å². The second-order valence-corrected chi connectivity index (χ2v) is 6.86. The molecule has 0 N–H and O–H groups in total. The van der Waals surface area contributed by atoms with Gasteiger partial charge in [-0.3, -0.25) is 9.59 Å². The van der Waals surface area contributed by atoms with Crippen LogP contribution in [-0.4, -0.2) is 54.4 Å². The second kappa shape index (κ2) is 8.47. The zero-order chi connectivity index (χ0) is 18.5. The number of halogens is 2. The van der Waals surface area contributed by atoms with Gasteiger partial charge in [0.2, 0.25) is 5.91 Å². The lowest BCUT2D eigenvalue weighted by atomic mass is 9.94. The fourth-order valence-corrected chi connectivity index (χ4v) is 3.66. The van der Waals surface area contributed by atoms with E-state index in [4.69, 9.17) is 0 Å². The smallest absolute Gasteiger partial charge is 0.387 e. The van der Waals surface area contributed by atoms with Crippen LogP contribution >= 0.6 is 0 Å². The van der Waals surface area contributed by atoms with Gasteiger partial charge in [-0.15, -0.1) is 0 Å². The predicted molar refractivity (Wildman–Crippen MR) is 92.1 cm³/mol. The minimum Gasteiger partial charge on any atom is -0.435 e. The SMILES string of the molecule is O=C(c1ccc(OC(F)F)cc1)N1CCC(C(=O)N2CCCCC2)CC1. The molecule has 1 aromatic rings. The average Bonchev–Trinajstić information content (AvgIpc) is 2.68. The first-order chi connectivity index (χ1) is 12.5. The molecule has 0 unspecified atom stereocenters. The Morgan fingerprint density at radius 3 is 2.12 bits per heavy atom. The first-order valence-corrected chi connectivity index (χ1v) is 9.17. The third-order valence-corrected chi connectivity index (χ3v) is 5.13. The lowest BCUT2D eigenvalue weighted by Crippen LogP contribution is -2.45. The lowest BCUT2D eigenvalue weighted by Gasteiger charge is -2.35. The van der Waals surface area contributed by atoms with Gasteiger partial charge in [0.05, 0.1) is 0 Å². The van der Waals surface area contributed by atoms with Crippen molar-refractivity contribution in [3.05, 3.63) is 29.8 Å². The van der Waals surface area contributed by atoms with E-state index in [1.165, 1.54) is 30.7 Å². The van der Waals surface area contributed by atoms with Gasteiger partial charge in [0.1, 0.15) is 5.75 Å². The van der Waals surface area contributed by atoms with Crippen LogP contribution in [0.5, 0.6) is 5.75 Å². The molecule has 0 spiro atoms. The summed E-state index contributed by atoms with van der Waals surface area (Å²) in [6, 6.07) is 5.72. The summed E-state index contributed by atoms with van der Waals surface area (Å²) in [6.45, 7) is -0.0970. The van der Waals surface area contributed by atoms with Crippen molar-refractivity contribution in [2.24, 2.45) is 5.92 Å². The molecular weight excluding hydrogens is 342 g/mol. The first kappa shape index (κ1) is 18.6. The summed E-state index contributed by atoms with van der Waals surface area (Å²) in [5.41, 5.74) is 0.437. The highest BCUT2D eigenvalue weighted by molar-refractivity contribution is 5.94. The molecule has 142 valence electrons. The zero-order valence-electron chi connectivity index (χ0n) is 14.7. The van der Waals surface area contributed by atoms with E-state index in [0.717, 1.165) is 25.9 Å². The van der Waals surface area contributed by atoms with Crippen molar-refractivity contribution in [1.29, 1.82) is 0 Å². The third-order valence-electron chi connectivity index (χ3n) is 5.13. The number of likely N-dealkylation sites (tertiary alicyclic amines) is 2. The van der Waals surface area contributed by atoms with E-state index in [0.29, 0.717) is 31.5 Å². The molecule has 2 amide bonds. The number of hydrogen-bond acceptors (Lipinski definition) is 3. The van der Waals surface area contributed by atoms with E-state index >= 15 is 0 Å². The maximum Gasteiger partial charge on any atom is 0.387 e. The van der Waals surface area contributed by atoms with Gasteiger partial charge >= 0.3 is 6.61 Å². The number of hydrogen-bond donors (Lipinski definition) is 0. The topological polar surface area (TPSA) is 49.9 Å². The summed E-state index contributed by atoms with van der Waals surface area (Å²) in [5, 5.41) is 0. The molecule has 5 nitrogen and oxygen atoms in total. The number of carbonyl (C=O) groups is 2. The predicted octanol–water partition coefficient (Wildman–Crippen LogP) is 3.15. The van der Waals surface area contributed by atoms with Crippen LogP contribution in [0.15, 0.2) is 24.3 Å². The van der Waals surface area contributed by atoms with Gasteiger partial charge in [0.25, 0.3) is 5.91 Å². The summed E-state index contributed by atoms with van der Waals surface area (Å²) >= 11 is 0. The minimum atomic E-state index is -2.88. The van der Waals surface area contributed by atoms with Crippen molar-refractivity contribution in [3.8, 4) is 5.75 Å². The van der Waals surface area contributed by atoms with Crippen molar-refractivity contribution in [3.63, 3.8) is 0 Å². The van der Waals surface area contributed by atoms with Crippen molar-refractivity contribution in [2.45, 2.75) is 38.7 Å². The van der Waals surface area contributed by atoms with Crippen LogP contribution in [0.2, 0.25) is 0 Å². The molecule has 2 fully saturated rings. The number of nitrogens with zero attached hydrogens (tertiary/aromatic N) is 2. The Hall–Kier alpha value is -2.18. The zero-order valence-corrected chi connectivity index (χ0v) is 14.7. The van der Waals surface area contributed by atoms with Gasteiger partial charge < -0.3 is 14.5 Å². The van der Waals surface area contributed by atoms with Gasteiger partial charge in [-0.1, -0.05) is 0 Å². The summed E-state index contributed by atoms with van der Waals surface area (Å²) in [5.74, 6) is 0.115. The van der Waals surface area contributed by atoms with Gasteiger partial charge in [0, 0.05) is 37.7 Å². The number of benzene rings is 1. The average molecular weight is 366 g/mol. The normalized spacial score (nSPS) is 18.9. The molecule has 3 rings (SSSR count). The molecule has 0 aromatic heterocycles. The molecule has 7 heteroatoms. The van der Waals surface area contributed by atoms with E-state index < -0.39 is 6.61 Å². The van der Waals surface area contributed by atoms with Crippen LogP contribution < -0.4 is 4.74 Å². The Balaban J connectivity index is 1.52. The standard InChI is InChI=1S/C19H24F2N2O3/c20-19(21)26-16-6-4-14(5-7-16)17(24)23-12-8-15(9-13-23)18(25)22-10-2-1-3-11-22/h4-7,15,19H,1-3,8-13H2. The van der Waals surface area contributed by atoms with Crippen LogP contribution in [0.4, 0.5) is 8.78 Å². The van der Waals surface area contributed by atoms with Crippen molar-refractivity contribution in [1.82, 2.24) is 9.80 Å². The molecule has 2 aliphatic heterocycles.